The van der Waals surface area contributed by atoms with Gasteiger partial charge in [-0.1, -0.05) is 13.0 Å². The molecule has 106 valence electrons. The minimum atomic E-state index is -0.482. The fourth-order valence-corrected chi connectivity index (χ4v) is 2.13. The first-order chi connectivity index (χ1) is 9.58. The van der Waals surface area contributed by atoms with Gasteiger partial charge < -0.3 is 9.88 Å². The number of anilines is 1. The highest BCUT2D eigenvalue weighted by molar-refractivity contribution is 5.99. The number of nitrogens with zero attached hydrogens (tertiary/aromatic N) is 2. The molecule has 0 unspecified atom stereocenters. The fraction of sp³-hybridized carbons (Fsp3) is 0.333. The van der Waals surface area contributed by atoms with Crippen molar-refractivity contribution in [1.82, 2.24) is 9.55 Å². The minimum absolute atomic E-state index is 0.127. The molecule has 1 heterocycles. The lowest BCUT2D eigenvalue weighted by Gasteiger charge is -2.16. The van der Waals surface area contributed by atoms with E-state index in [1.54, 1.807) is 24.7 Å². The summed E-state index contributed by atoms with van der Waals surface area (Å²) in [6.07, 6.45) is 5.40. The highest BCUT2D eigenvalue weighted by atomic mass is 19.1. The predicted molar refractivity (Wildman–Crippen MR) is 76.3 cm³/mol. The predicted octanol–water partition coefficient (Wildman–Crippen LogP) is 2.97. The molecule has 0 saturated carbocycles. The summed E-state index contributed by atoms with van der Waals surface area (Å²) in [5.41, 5.74) is 0.678. The third-order valence-electron chi connectivity index (χ3n) is 3.09. The first kappa shape index (κ1) is 14.2. The van der Waals surface area contributed by atoms with Crippen LogP contribution >= 0.6 is 0 Å². The molecule has 4 nitrogen and oxygen atoms in total. The zero-order valence-corrected chi connectivity index (χ0v) is 11.6. The number of rotatable bonds is 6. The molecule has 5 heteroatoms. The normalized spacial score (nSPS) is 12.2. The van der Waals surface area contributed by atoms with E-state index in [9.17, 15) is 9.18 Å². The van der Waals surface area contributed by atoms with E-state index in [1.165, 1.54) is 13.0 Å². The number of hydrogen-bond acceptors (Lipinski definition) is 3. The summed E-state index contributed by atoms with van der Waals surface area (Å²) in [6, 6.07) is 4.63. The van der Waals surface area contributed by atoms with Gasteiger partial charge in [0, 0.05) is 31.2 Å². The van der Waals surface area contributed by atoms with Gasteiger partial charge in [0.1, 0.15) is 5.82 Å². The minimum Gasteiger partial charge on any atom is -0.384 e. The van der Waals surface area contributed by atoms with Crippen LogP contribution < -0.4 is 5.32 Å². The SMILES string of the molecule is CC(=O)c1c(F)cccc1NC[C@H](C)Cn1ccnc1. The van der Waals surface area contributed by atoms with Crippen LogP contribution in [-0.2, 0) is 6.54 Å². The third kappa shape index (κ3) is 3.44. The molecule has 0 saturated heterocycles. The molecule has 1 aromatic carbocycles. The van der Waals surface area contributed by atoms with E-state index in [1.807, 2.05) is 10.8 Å². The second-order valence-corrected chi connectivity index (χ2v) is 4.96. The number of benzene rings is 1. The van der Waals surface area contributed by atoms with E-state index in [4.69, 9.17) is 0 Å². The number of aromatic nitrogens is 2. The van der Waals surface area contributed by atoms with Crippen molar-refractivity contribution < 1.29 is 9.18 Å². The van der Waals surface area contributed by atoms with Crippen molar-refractivity contribution >= 4 is 11.5 Å². The Kier molecular flexibility index (Phi) is 4.50. The lowest BCUT2D eigenvalue weighted by molar-refractivity contribution is 0.101. The maximum Gasteiger partial charge on any atom is 0.164 e. The topological polar surface area (TPSA) is 46.9 Å². The number of nitrogens with one attached hydrogen (secondary N) is 1. The summed E-state index contributed by atoms with van der Waals surface area (Å²) in [5, 5.41) is 3.15. The van der Waals surface area contributed by atoms with Crippen molar-refractivity contribution in [2.75, 3.05) is 11.9 Å². The molecule has 0 aliphatic rings. The fourth-order valence-electron chi connectivity index (χ4n) is 2.13. The van der Waals surface area contributed by atoms with E-state index in [2.05, 4.69) is 17.2 Å². The second kappa shape index (κ2) is 6.32. The lowest BCUT2D eigenvalue weighted by Crippen LogP contribution is -2.18. The van der Waals surface area contributed by atoms with Crippen LogP contribution in [0.25, 0.3) is 0 Å². The molecule has 0 amide bonds. The molecule has 0 fully saturated rings. The van der Waals surface area contributed by atoms with Crippen molar-refractivity contribution in [3.05, 3.63) is 48.3 Å². The maximum atomic E-state index is 13.7. The number of Topliss-reactive ketones (excluding diaryl/α,β-unsaturated/α-hetero) is 1. The highest BCUT2D eigenvalue weighted by Gasteiger charge is 2.13. The Labute approximate surface area is 117 Å². The van der Waals surface area contributed by atoms with E-state index < -0.39 is 5.82 Å². The Morgan fingerprint density at radius 1 is 1.50 bits per heavy atom. The number of imidazole rings is 1. The van der Waals surface area contributed by atoms with Crippen LogP contribution in [0.5, 0.6) is 0 Å². The van der Waals surface area contributed by atoms with Gasteiger partial charge in [-0.15, -0.1) is 0 Å². The van der Waals surface area contributed by atoms with Crippen LogP contribution in [0.15, 0.2) is 36.9 Å². The van der Waals surface area contributed by atoms with Gasteiger partial charge in [0.25, 0.3) is 0 Å². The molecule has 2 rings (SSSR count). The van der Waals surface area contributed by atoms with Crippen LogP contribution in [0.3, 0.4) is 0 Å². The Hall–Kier alpha value is -2.17. The van der Waals surface area contributed by atoms with Crippen molar-refractivity contribution in [2.45, 2.75) is 20.4 Å². The monoisotopic (exact) mass is 275 g/mol. The molecule has 1 aromatic heterocycles. The average molecular weight is 275 g/mol. The van der Waals surface area contributed by atoms with E-state index in [0.29, 0.717) is 18.2 Å². The van der Waals surface area contributed by atoms with E-state index in [-0.39, 0.29) is 11.3 Å². The van der Waals surface area contributed by atoms with Crippen LogP contribution in [0.1, 0.15) is 24.2 Å². The molecule has 0 spiro atoms. The smallest absolute Gasteiger partial charge is 0.164 e. The standard InChI is InChI=1S/C15H18FN3O/c1-11(9-19-7-6-17-10-19)8-18-14-5-3-4-13(16)15(14)12(2)20/h3-7,10-11,18H,8-9H2,1-2H3/t11-/m0/s1. The molecule has 1 N–H and O–H groups in total. The zero-order valence-electron chi connectivity index (χ0n) is 11.6. The number of halogens is 1. The summed E-state index contributed by atoms with van der Waals surface area (Å²) in [7, 11) is 0. The maximum absolute atomic E-state index is 13.7. The van der Waals surface area contributed by atoms with Crippen molar-refractivity contribution in [1.29, 1.82) is 0 Å². The molecular weight excluding hydrogens is 257 g/mol. The Balaban J connectivity index is 2.00. The Bertz CT molecular complexity index is 581. The Morgan fingerprint density at radius 2 is 2.30 bits per heavy atom. The van der Waals surface area contributed by atoms with Gasteiger partial charge in [0.15, 0.2) is 5.78 Å². The molecule has 0 aliphatic heterocycles. The molecular formula is C15H18FN3O. The van der Waals surface area contributed by atoms with Gasteiger partial charge in [0.05, 0.1) is 11.9 Å². The average Bonchev–Trinajstić information content (AvgIpc) is 2.88. The highest BCUT2D eigenvalue weighted by Crippen LogP contribution is 2.20. The molecule has 0 bridgehead atoms. The Morgan fingerprint density at radius 3 is 2.95 bits per heavy atom. The number of ketones is 1. The van der Waals surface area contributed by atoms with E-state index in [0.717, 1.165) is 6.54 Å². The molecule has 20 heavy (non-hydrogen) atoms. The molecule has 0 radical (unpaired) electrons. The summed E-state index contributed by atoms with van der Waals surface area (Å²) >= 11 is 0. The van der Waals surface area contributed by atoms with Crippen molar-refractivity contribution in [3.8, 4) is 0 Å². The van der Waals surface area contributed by atoms with Gasteiger partial charge in [-0.2, -0.15) is 0 Å². The third-order valence-corrected chi connectivity index (χ3v) is 3.09. The van der Waals surface area contributed by atoms with Crippen LogP contribution in [0, 0.1) is 11.7 Å². The quantitative estimate of drug-likeness (QED) is 0.824. The van der Waals surface area contributed by atoms with Crippen molar-refractivity contribution in [2.24, 2.45) is 5.92 Å². The van der Waals surface area contributed by atoms with Crippen LogP contribution in [0.2, 0.25) is 0 Å². The summed E-state index contributed by atoms with van der Waals surface area (Å²) in [5.74, 6) is -0.426. The van der Waals surface area contributed by atoms with E-state index >= 15 is 0 Å². The number of hydrogen-bond donors (Lipinski definition) is 1. The molecule has 1 atom stereocenters. The largest absolute Gasteiger partial charge is 0.384 e. The van der Waals surface area contributed by atoms with Crippen LogP contribution in [-0.4, -0.2) is 21.9 Å². The van der Waals surface area contributed by atoms with Crippen LogP contribution in [0.4, 0.5) is 10.1 Å². The summed E-state index contributed by atoms with van der Waals surface area (Å²) in [4.78, 5) is 15.5. The first-order valence-corrected chi connectivity index (χ1v) is 6.57. The summed E-state index contributed by atoms with van der Waals surface area (Å²) in [6.45, 7) is 4.93. The second-order valence-electron chi connectivity index (χ2n) is 4.96. The zero-order chi connectivity index (χ0) is 14.5. The number of carbonyl (C=O) groups excluding carboxylic acids is 1. The lowest BCUT2D eigenvalue weighted by atomic mass is 10.1. The van der Waals surface area contributed by atoms with Gasteiger partial charge in [-0.3, -0.25) is 4.79 Å². The van der Waals surface area contributed by atoms with Gasteiger partial charge >= 0.3 is 0 Å². The summed E-state index contributed by atoms with van der Waals surface area (Å²) < 4.78 is 15.6. The van der Waals surface area contributed by atoms with Crippen molar-refractivity contribution in [3.63, 3.8) is 0 Å². The first-order valence-electron chi connectivity index (χ1n) is 6.57. The van der Waals surface area contributed by atoms with Gasteiger partial charge in [-0.25, -0.2) is 9.37 Å². The van der Waals surface area contributed by atoms with Gasteiger partial charge in [0.2, 0.25) is 0 Å². The number of carbonyl (C=O) groups is 1. The molecule has 2 aromatic rings. The van der Waals surface area contributed by atoms with Gasteiger partial charge in [-0.05, 0) is 25.0 Å². The molecule has 0 aliphatic carbocycles.